The van der Waals surface area contributed by atoms with Crippen LogP contribution in [0.1, 0.15) is 19.4 Å². The Morgan fingerprint density at radius 3 is 2.31 bits per heavy atom. The first kappa shape index (κ1) is 13.9. The van der Waals surface area contributed by atoms with Crippen molar-refractivity contribution >= 4 is 22.6 Å². The Bertz CT molecular complexity index is 282. The van der Waals surface area contributed by atoms with Crippen LogP contribution < -0.4 is 0 Å². The highest BCUT2D eigenvalue weighted by Gasteiger charge is 1.95. The first-order valence-electron chi connectivity index (χ1n) is 5.58. The Hall–Kier alpha value is -0.130. The Balaban J connectivity index is 2.05. The van der Waals surface area contributed by atoms with Gasteiger partial charge >= 0.3 is 0 Å². The van der Waals surface area contributed by atoms with Gasteiger partial charge in [-0.25, -0.2) is 0 Å². The van der Waals surface area contributed by atoms with Crippen molar-refractivity contribution in [3.63, 3.8) is 0 Å². The minimum atomic E-state index is 0.594. The normalized spacial score (nSPS) is 11.0. The fraction of sp³-hybridized carbons (Fsp3) is 0.538. The van der Waals surface area contributed by atoms with Crippen molar-refractivity contribution in [3.05, 3.63) is 33.4 Å². The molecule has 3 heteroatoms. The minimum absolute atomic E-state index is 0.594. The van der Waals surface area contributed by atoms with Gasteiger partial charge < -0.3 is 9.47 Å². The van der Waals surface area contributed by atoms with E-state index in [4.69, 9.17) is 9.47 Å². The molecule has 0 aromatic heterocycles. The zero-order valence-electron chi connectivity index (χ0n) is 9.91. The van der Waals surface area contributed by atoms with Gasteiger partial charge in [0.25, 0.3) is 0 Å². The molecule has 0 atom stereocenters. The molecule has 0 saturated heterocycles. The van der Waals surface area contributed by atoms with Gasteiger partial charge in [-0.15, -0.1) is 0 Å². The van der Waals surface area contributed by atoms with Crippen LogP contribution in [-0.2, 0) is 16.1 Å². The lowest BCUT2D eigenvalue weighted by Crippen LogP contribution is -2.08. The summed E-state index contributed by atoms with van der Waals surface area (Å²) in [7, 11) is 0. The van der Waals surface area contributed by atoms with E-state index in [0.717, 1.165) is 6.61 Å². The molecule has 0 aliphatic heterocycles. The average Bonchev–Trinajstić information content (AvgIpc) is 2.25. The highest BCUT2D eigenvalue weighted by molar-refractivity contribution is 14.1. The summed E-state index contributed by atoms with van der Waals surface area (Å²) < 4.78 is 12.2. The summed E-state index contributed by atoms with van der Waals surface area (Å²) in [5.41, 5.74) is 1.21. The van der Waals surface area contributed by atoms with Gasteiger partial charge in [0.1, 0.15) is 0 Å². The van der Waals surface area contributed by atoms with Gasteiger partial charge in [0.2, 0.25) is 0 Å². The predicted octanol–water partition coefficient (Wildman–Crippen LogP) is 3.48. The molecule has 2 nitrogen and oxygen atoms in total. The van der Waals surface area contributed by atoms with Crippen LogP contribution in [-0.4, -0.2) is 19.8 Å². The highest BCUT2D eigenvalue weighted by atomic mass is 127. The summed E-state index contributed by atoms with van der Waals surface area (Å²) in [5, 5.41) is 0. The average molecular weight is 334 g/mol. The number of ether oxygens (including phenoxy) is 2. The summed E-state index contributed by atoms with van der Waals surface area (Å²) in [5.74, 6) is 0.594. The van der Waals surface area contributed by atoms with E-state index in [-0.39, 0.29) is 0 Å². The Labute approximate surface area is 111 Å². The molecule has 0 bridgehead atoms. The zero-order valence-corrected chi connectivity index (χ0v) is 12.1. The van der Waals surface area contributed by atoms with Crippen molar-refractivity contribution < 1.29 is 9.47 Å². The van der Waals surface area contributed by atoms with E-state index in [2.05, 4.69) is 60.7 Å². The predicted molar refractivity (Wildman–Crippen MR) is 74.5 cm³/mol. The lowest BCUT2D eigenvalue weighted by Gasteiger charge is -2.07. The quantitative estimate of drug-likeness (QED) is 0.561. The molecule has 0 saturated carbocycles. The second kappa shape index (κ2) is 8.03. The van der Waals surface area contributed by atoms with Crippen LogP contribution >= 0.6 is 22.6 Å². The van der Waals surface area contributed by atoms with Crippen LogP contribution in [0.15, 0.2) is 24.3 Å². The number of rotatable bonds is 7. The Kier molecular flexibility index (Phi) is 7.00. The Morgan fingerprint density at radius 2 is 1.69 bits per heavy atom. The smallest absolute Gasteiger partial charge is 0.0718 e. The molecule has 1 rings (SSSR count). The molecule has 0 fully saturated rings. The topological polar surface area (TPSA) is 18.5 Å². The van der Waals surface area contributed by atoms with E-state index in [1.165, 1.54) is 9.13 Å². The molecule has 0 N–H and O–H groups in total. The van der Waals surface area contributed by atoms with Crippen LogP contribution in [0.25, 0.3) is 0 Å². The standard InChI is InChI=1S/C13H19IO2/c1-11(2)9-15-7-8-16-10-12-3-5-13(14)6-4-12/h3-6,11H,7-10H2,1-2H3. The molecule has 1 aromatic carbocycles. The second-order valence-corrected chi connectivity index (χ2v) is 5.39. The van der Waals surface area contributed by atoms with Crippen molar-refractivity contribution in [1.29, 1.82) is 0 Å². The highest BCUT2D eigenvalue weighted by Crippen LogP contribution is 2.07. The van der Waals surface area contributed by atoms with Crippen LogP contribution in [0.3, 0.4) is 0 Å². The molecule has 0 unspecified atom stereocenters. The summed E-state index contributed by atoms with van der Waals surface area (Å²) in [4.78, 5) is 0. The summed E-state index contributed by atoms with van der Waals surface area (Å²) in [6, 6.07) is 8.37. The fourth-order valence-corrected chi connectivity index (χ4v) is 1.57. The van der Waals surface area contributed by atoms with Crippen molar-refractivity contribution in [2.75, 3.05) is 19.8 Å². The summed E-state index contributed by atoms with van der Waals surface area (Å²) in [6.45, 7) is 7.12. The van der Waals surface area contributed by atoms with E-state index in [1.807, 2.05) is 0 Å². The first-order chi connectivity index (χ1) is 7.68. The third kappa shape index (κ3) is 6.45. The molecule has 1 aromatic rings. The van der Waals surface area contributed by atoms with Gasteiger partial charge in [-0.1, -0.05) is 26.0 Å². The molecule has 90 valence electrons. The molecule has 0 aliphatic carbocycles. The molecule has 0 radical (unpaired) electrons. The first-order valence-corrected chi connectivity index (χ1v) is 6.66. The largest absolute Gasteiger partial charge is 0.379 e. The van der Waals surface area contributed by atoms with Gasteiger partial charge in [0.15, 0.2) is 0 Å². The molecule has 0 heterocycles. The van der Waals surface area contributed by atoms with Crippen LogP contribution in [0.2, 0.25) is 0 Å². The lowest BCUT2D eigenvalue weighted by atomic mass is 10.2. The minimum Gasteiger partial charge on any atom is -0.379 e. The third-order valence-corrected chi connectivity index (χ3v) is 2.72. The van der Waals surface area contributed by atoms with Crippen LogP contribution in [0, 0.1) is 9.49 Å². The van der Waals surface area contributed by atoms with Crippen molar-refractivity contribution in [2.24, 2.45) is 5.92 Å². The van der Waals surface area contributed by atoms with Crippen molar-refractivity contribution in [1.82, 2.24) is 0 Å². The molecule has 0 aliphatic rings. The molecule has 16 heavy (non-hydrogen) atoms. The molecule has 0 amide bonds. The fourth-order valence-electron chi connectivity index (χ4n) is 1.21. The zero-order chi connectivity index (χ0) is 11.8. The summed E-state index contributed by atoms with van der Waals surface area (Å²) in [6.07, 6.45) is 0. The third-order valence-electron chi connectivity index (χ3n) is 2.01. The monoisotopic (exact) mass is 334 g/mol. The van der Waals surface area contributed by atoms with E-state index >= 15 is 0 Å². The number of hydrogen-bond donors (Lipinski definition) is 0. The van der Waals surface area contributed by atoms with Crippen LogP contribution in [0.5, 0.6) is 0 Å². The van der Waals surface area contributed by atoms with E-state index in [1.54, 1.807) is 0 Å². The molecular formula is C13H19IO2. The maximum absolute atomic E-state index is 5.51. The maximum atomic E-state index is 5.51. The van der Waals surface area contributed by atoms with Gasteiger partial charge in [0, 0.05) is 10.2 Å². The van der Waals surface area contributed by atoms with Crippen molar-refractivity contribution in [3.8, 4) is 0 Å². The number of benzene rings is 1. The molecular weight excluding hydrogens is 315 g/mol. The van der Waals surface area contributed by atoms with E-state index < -0.39 is 0 Å². The maximum Gasteiger partial charge on any atom is 0.0718 e. The van der Waals surface area contributed by atoms with Gasteiger partial charge in [-0.3, -0.25) is 0 Å². The van der Waals surface area contributed by atoms with Gasteiger partial charge in [-0.05, 0) is 46.2 Å². The van der Waals surface area contributed by atoms with Crippen LogP contribution in [0.4, 0.5) is 0 Å². The van der Waals surface area contributed by atoms with Crippen molar-refractivity contribution in [2.45, 2.75) is 20.5 Å². The van der Waals surface area contributed by atoms with E-state index in [0.29, 0.717) is 25.7 Å². The SMILES string of the molecule is CC(C)COCCOCc1ccc(I)cc1. The lowest BCUT2D eigenvalue weighted by molar-refractivity contribution is 0.0314. The van der Waals surface area contributed by atoms with E-state index in [9.17, 15) is 0 Å². The van der Waals surface area contributed by atoms with Gasteiger partial charge in [0.05, 0.1) is 19.8 Å². The summed E-state index contributed by atoms with van der Waals surface area (Å²) >= 11 is 2.30. The molecule has 0 spiro atoms. The Morgan fingerprint density at radius 1 is 1.06 bits per heavy atom. The van der Waals surface area contributed by atoms with Gasteiger partial charge in [-0.2, -0.15) is 0 Å². The second-order valence-electron chi connectivity index (χ2n) is 4.15. The number of halogens is 1. The number of hydrogen-bond acceptors (Lipinski definition) is 2.